The lowest BCUT2D eigenvalue weighted by Crippen LogP contribution is -2.31. The van der Waals surface area contributed by atoms with Gasteiger partial charge in [0.2, 0.25) is 5.91 Å². The summed E-state index contributed by atoms with van der Waals surface area (Å²) in [5, 5.41) is 3.48. The van der Waals surface area contributed by atoms with Gasteiger partial charge in [0.05, 0.1) is 5.69 Å². The molecule has 0 radical (unpaired) electrons. The highest BCUT2D eigenvalue weighted by Crippen LogP contribution is 2.40. The maximum Gasteiger partial charge on any atom is 0.348 e. The Morgan fingerprint density at radius 3 is 2.73 bits per heavy atom. The van der Waals surface area contributed by atoms with Gasteiger partial charge < -0.3 is 5.32 Å². The van der Waals surface area contributed by atoms with Gasteiger partial charge in [-0.25, -0.2) is 9.78 Å². The van der Waals surface area contributed by atoms with E-state index in [-0.39, 0.29) is 17.9 Å². The largest absolute Gasteiger partial charge is 0.348 e. The average Bonchev–Trinajstić information content (AvgIpc) is 2.91. The first-order valence-electron chi connectivity index (χ1n) is 8.97. The van der Waals surface area contributed by atoms with Crippen LogP contribution in [0.2, 0.25) is 0 Å². The van der Waals surface area contributed by atoms with Crippen molar-refractivity contribution >= 4 is 22.4 Å². The molecule has 1 aliphatic carbocycles. The molecule has 1 atom stereocenters. The molecular formula is C19H26N4O2S. The van der Waals surface area contributed by atoms with E-state index in [1.54, 1.807) is 31.3 Å². The smallest absolute Gasteiger partial charge is 0.300 e. The molecule has 1 aliphatic rings. The topological polar surface area (TPSA) is 76.9 Å². The standard InChI is InChI=1S/C19H26N4O2S/c1-11-8-12(2)23(18(25)20-11)10-16(24)22-17-21-14-7-6-13(19(3,4)5)9-15(14)26-17/h8,13H,6-7,9-10H2,1-5H3,(H,21,22,24)/t13-/m0/s1. The van der Waals surface area contributed by atoms with Gasteiger partial charge in [0.15, 0.2) is 5.13 Å². The lowest BCUT2D eigenvalue weighted by atomic mass is 9.73. The molecule has 0 saturated heterocycles. The number of thiazole rings is 1. The fourth-order valence-electron chi connectivity index (χ4n) is 3.44. The number of hydrogen-bond donors (Lipinski definition) is 1. The number of hydrogen-bond acceptors (Lipinski definition) is 5. The summed E-state index contributed by atoms with van der Waals surface area (Å²) in [6.45, 7) is 10.4. The molecule has 2 heterocycles. The summed E-state index contributed by atoms with van der Waals surface area (Å²) in [5.41, 5.74) is 2.37. The summed E-state index contributed by atoms with van der Waals surface area (Å²) >= 11 is 1.56. The number of anilines is 1. The second-order valence-electron chi connectivity index (χ2n) is 8.15. The van der Waals surface area contributed by atoms with E-state index in [1.165, 1.54) is 9.44 Å². The van der Waals surface area contributed by atoms with Crippen molar-refractivity contribution < 1.29 is 4.79 Å². The maximum atomic E-state index is 12.4. The Balaban J connectivity index is 1.70. The molecule has 0 unspecified atom stereocenters. The summed E-state index contributed by atoms with van der Waals surface area (Å²) in [5.74, 6) is 0.387. The van der Waals surface area contributed by atoms with Crippen molar-refractivity contribution in [2.24, 2.45) is 11.3 Å². The molecule has 1 amide bonds. The van der Waals surface area contributed by atoms with Crippen LogP contribution in [0.4, 0.5) is 5.13 Å². The predicted molar refractivity (Wildman–Crippen MR) is 104 cm³/mol. The molecule has 3 rings (SSSR count). The van der Waals surface area contributed by atoms with Gasteiger partial charge in [-0.2, -0.15) is 4.98 Å². The summed E-state index contributed by atoms with van der Waals surface area (Å²) in [6.07, 6.45) is 3.12. The highest BCUT2D eigenvalue weighted by Gasteiger charge is 2.30. The zero-order chi connectivity index (χ0) is 19.1. The number of nitrogens with zero attached hydrogens (tertiary/aromatic N) is 3. The van der Waals surface area contributed by atoms with Gasteiger partial charge in [0.1, 0.15) is 6.54 Å². The van der Waals surface area contributed by atoms with Crippen LogP contribution in [-0.2, 0) is 24.2 Å². The number of carbonyl (C=O) groups is 1. The normalized spacial score (nSPS) is 17.0. The Hall–Kier alpha value is -2.02. The quantitative estimate of drug-likeness (QED) is 0.895. The summed E-state index contributed by atoms with van der Waals surface area (Å²) < 4.78 is 1.38. The van der Waals surface area contributed by atoms with E-state index < -0.39 is 5.69 Å². The fraction of sp³-hybridized carbons (Fsp3) is 0.579. The van der Waals surface area contributed by atoms with Crippen molar-refractivity contribution in [3.8, 4) is 0 Å². The van der Waals surface area contributed by atoms with Crippen LogP contribution in [0.15, 0.2) is 10.9 Å². The SMILES string of the molecule is Cc1cc(C)n(CC(=O)Nc2nc3c(s2)C[C@@H](C(C)(C)C)CC3)c(=O)n1. The Bertz CT molecular complexity index is 892. The number of rotatable bonds is 3. The number of fused-ring (bicyclic) bond motifs is 1. The first-order valence-corrected chi connectivity index (χ1v) is 9.78. The van der Waals surface area contributed by atoms with Gasteiger partial charge in [-0.1, -0.05) is 20.8 Å². The Morgan fingerprint density at radius 2 is 2.08 bits per heavy atom. The maximum absolute atomic E-state index is 12.4. The Labute approximate surface area is 157 Å². The molecule has 0 bridgehead atoms. The second-order valence-corrected chi connectivity index (χ2v) is 9.23. The van der Waals surface area contributed by atoms with Crippen LogP contribution in [-0.4, -0.2) is 20.4 Å². The monoisotopic (exact) mass is 374 g/mol. The van der Waals surface area contributed by atoms with E-state index in [0.717, 1.165) is 30.7 Å². The fourth-order valence-corrected chi connectivity index (χ4v) is 4.54. The van der Waals surface area contributed by atoms with E-state index in [2.05, 4.69) is 36.1 Å². The van der Waals surface area contributed by atoms with Gasteiger partial charge in [-0.3, -0.25) is 9.36 Å². The lowest BCUT2D eigenvalue weighted by molar-refractivity contribution is -0.116. The zero-order valence-electron chi connectivity index (χ0n) is 16.0. The number of nitrogens with one attached hydrogen (secondary N) is 1. The van der Waals surface area contributed by atoms with Crippen molar-refractivity contribution in [1.82, 2.24) is 14.5 Å². The summed E-state index contributed by atoms with van der Waals surface area (Å²) in [6, 6.07) is 1.80. The minimum Gasteiger partial charge on any atom is -0.300 e. The summed E-state index contributed by atoms with van der Waals surface area (Å²) in [7, 11) is 0. The van der Waals surface area contributed by atoms with Gasteiger partial charge in [-0.15, -0.1) is 11.3 Å². The molecule has 26 heavy (non-hydrogen) atoms. The van der Waals surface area contributed by atoms with Gasteiger partial charge in [0.25, 0.3) is 0 Å². The minimum atomic E-state index is -0.399. The molecule has 6 nitrogen and oxygen atoms in total. The second kappa shape index (κ2) is 6.95. The number of aryl methyl sites for hydroxylation is 3. The van der Waals surface area contributed by atoms with Crippen molar-refractivity contribution in [3.05, 3.63) is 38.5 Å². The summed E-state index contributed by atoms with van der Waals surface area (Å²) in [4.78, 5) is 34.1. The van der Waals surface area contributed by atoms with E-state index >= 15 is 0 Å². The molecule has 140 valence electrons. The molecule has 2 aromatic heterocycles. The van der Waals surface area contributed by atoms with Crippen molar-refractivity contribution in [2.75, 3.05) is 5.32 Å². The Morgan fingerprint density at radius 1 is 1.35 bits per heavy atom. The van der Waals surface area contributed by atoms with E-state index in [1.807, 2.05) is 0 Å². The minimum absolute atomic E-state index is 0.0488. The molecule has 1 N–H and O–H groups in total. The first kappa shape index (κ1) is 18.8. The molecule has 0 aromatic carbocycles. The van der Waals surface area contributed by atoms with Gasteiger partial charge >= 0.3 is 5.69 Å². The molecular weight excluding hydrogens is 348 g/mol. The van der Waals surface area contributed by atoms with Crippen molar-refractivity contribution in [1.29, 1.82) is 0 Å². The van der Waals surface area contributed by atoms with Crippen LogP contribution in [0.3, 0.4) is 0 Å². The van der Waals surface area contributed by atoms with Crippen LogP contribution in [0, 0.1) is 25.2 Å². The number of carbonyl (C=O) groups excluding carboxylic acids is 1. The van der Waals surface area contributed by atoms with E-state index in [0.29, 0.717) is 16.7 Å². The predicted octanol–water partition coefficient (Wildman–Crippen LogP) is 3.11. The van der Waals surface area contributed by atoms with E-state index in [9.17, 15) is 9.59 Å². The highest BCUT2D eigenvalue weighted by atomic mass is 32.1. The van der Waals surface area contributed by atoms with Gasteiger partial charge in [0, 0.05) is 16.3 Å². The third-order valence-electron chi connectivity index (χ3n) is 5.06. The zero-order valence-corrected chi connectivity index (χ0v) is 16.9. The number of aromatic nitrogens is 3. The first-order chi connectivity index (χ1) is 12.1. The molecule has 0 fully saturated rings. The highest BCUT2D eigenvalue weighted by molar-refractivity contribution is 7.15. The van der Waals surface area contributed by atoms with Gasteiger partial charge in [-0.05, 0) is 50.5 Å². The molecule has 7 heteroatoms. The molecule has 2 aromatic rings. The lowest BCUT2D eigenvalue weighted by Gasteiger charge is -2.33. The van der Waals surface area contributed by atoms with Crippen LogP contribution in [0.25, 0.3) is 0 Å². The third kappa shape index (κ3) is 4.03. The van der Waals surface area contributed by atoms with Crippen LogP contribution in [0.5, 0.6) is 0 Å². The average molecular weight is 375 g/mol. The molecule has 0 aliphatic heterocycles. The van der Waals surface area contributed by atoms with E-state index in [4.69, 9.17) is 0 Å². The third-order valence-corrected chi connectivity index (χ3v) is 6.09. The van der Waals surface area contributed by atoms with Crippen molar-refractivity contribution in [3.63, 3.8) is 0 Å². The van der Waals surface area contributed by atoms with Crippen LogP contribution >= 0.6 is 11.3 Å². The number of amides is 1. The van der Waals surface area contributed by atoms with Crippen molar-refractivity contribution in [2.45, 2.75) is 60.4 Å². The van der Waals surface area contributed by atoms with Crippen LogP contribution in [0.1, 0.15) is 49.2 Å². The molecule has 0 spiro atoms. The molecule has 0 saturated carbocycles. The van der Waals surface area contributed by atoms with Crippen LogP contribution < -0.4 is 11.0 Å². The Kier molecular flexibility index (Phi) is 5.01.